The van der Waals surface area contributed by atoms with Crippen LogP contribution in [0.15, 0.2) is 78.2 Å². The van der Waals surface area contributed by atoms with E-state index in [9.17, 15) is 9.59 Å². The molecule has 6 aromatic rings. The molecule has 0 spiro atoms. The number of para-hydroxylation sites is 1. The molecule has 0 unspecified atom stereocenters. The van der Waals surface area contributed by atoms with Crippen LogP contribution in [0.1, 0.15) is 46.1 Å². The van der Waals surface area contributed by atoms with Crippen molar-refractivity contribution in [2.75, 3.05) is 0 Å². The quantitative estimate of drug-likeness (QED) is 0.348. The van der Waals surface area contributed by atoms with E-state index in [1.165, 1.54) is 21.7 Å². The summed E-state index contributed by atoms with van der Waals surface area (Å²) in [4.78, 5) is 40.6. The van der Waals surface area contributed by atoms with Crippen molar-refractivity contribution in [3.8, 4) is 17.5 Å². The van der Waals surface area contributed by atoms with Gasteiger partial charge in [0, 0.05) is 18.8 Å². The van der Waals surface area contributed by atoms with Gasteiger partial charge in [0.25, 0.3) is 11.5 Å². The molecule has 11 heteroatoms. The zero-order valence-corrected chi connectivity index (χ0v) is 21.9. The number of aryl methyl sites for hydroxylation is 2. The van der Waals surface area contributed by atoms with Gasteiger partial charge in [0.1, 0.15) is 29.7 Å². The van der Waals surface area contributed by atoms with Crippen LogP contribution in [0.5, 0.6) is 0 Å². The number of hydrogen-bond acceptors (Lipinski definition) is 7. The second-order valence-electron chi connectivity index (χ2n) is 9.20. The highest BCUT2D eigenvalue weighted by molar-refractivity contribution is 6.01. The molecule has 40 heavy (non-hydrogen) atoms. The van der Waals surface area contributed by atoms with E-state index in [1.807, 2.05) is 37.4 Å². The summed E-state index contributed by atoms with van der Waals surface area (Å²) in [5, 5.41) is 12.0. The van der Waals surface area contributed by atoms with Crippen LogP contribution in [0.3, 0.4) is 0 Å². The van der Waals surface area contributed by atoms with Crippen molar-refractivity contribution in [1.29, 1.82) is 0 Å². The van der Waals surface area contributed by atoms with Crippen molar-refractivity contribution in [1.82, 2.24) is 44.2 Å². The molecule has 1 N–H and O–H groups in total. The number of nitrogens with zero attached hydrogens (tertiary/aromatic N) is 8. The molecule has 0 aliphatic rings. The summed E-state index contributed by atoms with van der Waals surface area (Å²) < 4.78 is 4.64. The highest BCUT2D eigenvalue weighted by Gasteiger charge is 2.24. The van der Waals surface area contributed by atoms with Gasteiger partial charge in [-0.05, 0) is 50.1 Å². The van der Waals surface area contributed by atoms with Crippen molar-refractivity contribution in [3.63, 3.8) is 0 Å². The van der Waals surface area contributed by atoms with Gasteiger partial charge in [-0.25, -0.2) is 19.5 Å². The molecule has 6 rings (SSSR count). The lowest BCUT2D eigenvalue weighted by Crippen LogP contribution is -2.33. The van der Waals surface area contributed by atoms with Crippen LogP contribution in [0.2, 0.25) is 0 Å². The monoisotopic (exact) mass is 529 g/mol. The van der Waals surface area contributed by atoms with E-state index in [0.29, 0.717) is 50.6 Å². The summed E-state index contributed by atoms with van der Waals surface area (Å²) >= 11 is 0. The van der Waals surface area contributed by atoms with Crippen LogP contribution in [-0.2, 0) is 7.05 Å². The van der Waals surface area contributed by atoms with E-state index in [4.69, 9.17) is 4.98 Å². The number of carbonyl (C=O) groups excluding carboxylic acids is 1. The van der Waals surface area contributed by atoms with E-state index >= 15 is 0 Å². The van der Waals surface area contributed by atoms with Gasteiger partial charge in [0.2, 0.25) is 0 Å². The molecule has 0 saturated carbocycles. The molecule has 2 aromatic carbocycles. The predicted molar refractivity (Wildman–Crippen MR) is 148 cm³/mol. The Kier molecular flexibility index (Phi) is 6.12. The standard InChI is InChI=1S/C29H23N9O2/c1-18-24(27-31-16-30-17-37(27)34-18)28(39)32-19(2)26-33-23-11-7-8-20(12-13-21-14-15-36(3)35-21)25(23)29(40)38(26)22-9-5-4-6-10-22/h4-11,14-17,19H,1-3H3,(H,32,39)/t19-/m0/s1. The largest absolute Gasteiger partial charge is 0.342 e. The third-order valence-corrected chi connectivity index (χ3v) is 6.42. The molecule has 11 nitrogen and oxygen atoms in total. The second-order valence-corrected chi connectivity index (χ2v) is 9.20. The van der Waals surface area contributed by atoms with Crippen LogP contribution in [0, 0.1) is 18.8 Å². The van der Waals surface area contributed by atoms with Crippen LogP contribution in [0.4, 0.5) is 0 Å². The molecule has 0 aliphatic carbocycles. The van der Waals surface area contributed by atoms with E-state index in [-0.39, 0.29) is 11.5 Å². The Hall–Kier alpha value is -5.63. The Morgan fingerprint density at radius 1 is 1.02 bits per heavy atom. The Bertz CT molecular complexity index is 2030. The fraction of sp³-hybridized carbons (Fsp3) is 0.138. The molecule has 0 aliphatic heterocycles. The SMILES string of the molecule is Cc1nn2cncnc2c1C(=O)N[C@@H](C)c1nc2cccc(C#Cc3ccn(C)n3)c2c(=O)n1-c1ccccc1. The van der Waals surface area contributed by atoms with Crippen LogP contribution in [-0.4, -0.2) is 44.8 Å². The Morgan fingerprint density at radius 2 is 1.85 bits per heavy atom. The molecule has 4 aromatic heterocycles. The molecule has 0 radical (unpaired) electrons. The van der Waals surface area contributed by atoms with Crippen molar-refractivity contribution in [2.24, 2.45) is 7.05 Å². The van der Waals surface area contributed by atoms with E-state index in [2.05, 4.69) is 37.3 Å². The fourth-order valence-corrected chi connectivity index (χ4v) is 4.60. The van der Waals surface area contributed by atoms with Crippen molar-refractivity contribution < 1.29 is 4.79 Å². The lowest BCUT2D eigenvalue weighted by Gasteiger charge is -2.20. The first kappa shape index (κ1) is 24.7. The summed E-state index contributed by atoms with van der Waals surface area (Å²) in [6.45, 7) is 3.52. The van der Waals surface area contributed by atoms with E-state index in [1.54, 1.807) is 49.0 Å². The minimum atomic E-state index is -0.649. The first-order valence-electron chi connectivity index (χ1n) is 12.5. The Labute approximate surface area is 228 Å². The summed E-state index contributed by atoms with van der Waals surface area (Å²) in [5.41, 5.74) is 3.15. The number of rotatable bonds is 4. The number of fused-ring (bicyclic) bond motifs is 2. The van der Waals surface area contributed by atoms with Crippen molar-refractivity contribution in [2.45, 2.75) is 19.9 Å². The fourth-order valence-electron chi connectivity index (χ4n) is 4.60. The average molecular weight is 530 g/mol. The minimum Gasteiger partial charge on any atom is -0.342 e. The number of amides is 1. The highest BCUT2D eigenvalue weighted by Crippen LogP contribution is 2.21. The zero-order valence-electron chi connectivity index (χ0n) is 21.9. The third kappa shape index (κ3) is 4.37. The normalized spacial score (nSPS) is 11.8. The maximum Gasteiger partial charge on any atom is 0.267 e. The van der Waals surface area contributed by atoms with Gasteiger partial charge in [-0.2, -0.15) is 10.2 Å². The summed E-state index contributed by atoms with van der Waals surface area (Å²) in [5.74, 6) is 6.10. The van der Waals surface area contributed by atoms with Crippen molar-refractivity contribution in [3.05, 3.63) is 112 Å². The maximum absolute atomic E-state index is 14.1. The molecule has 4 heterocycles. The first-order valence-corrected chi connectivity index (χ1v) is 12.5. The summed E-state index contributed by atoms with van der Waals surface area (Å²) in [6, 6.07) is 15.7. The lowest BCUT2D eigenvalue weighted by atomic mass is 10.1. The van der Waals surface area contributed by atoms with Gasteiger partial charge in [-0.1, -0.05) is 30.2 Å². The molecule has 0 bridgehead atoms. The average Bonchev–Trinajstić information content (AvgIpc) is 3.53. The van der Waals surface area contributed by atoms with Crippen LogP contribution >= 0.6 is 0 Å². The number of benzene rings is 2. The van der Waals surface area contributed by atoms with Crippen LogP contribution < -0.4 is 10.9 Å². The van der Waals surface area contributed by atoms with Gasteiger partial charge < -0.3 is 5.32 Å². The van der Waals surface area contributed by atoms with Gasteiger partial charge in [0.05, 0.1) is 28.3 Å². The van der Waals surface area contributed by atoms with E-state index in [0.717, 1.165) is 0 Å². The van der Waals surface area contributed by atoms with Gasteiger partial charge in [0.15, 0.2) is 5.65 Å². The molecule has 0 saturated heterocycles. The third-order valence-electron chi connectivity index (χ3n) is 6.42. The van der Waals surface area contributed by atoms with Gasteiger partial charge in [-0.3, -0.25) is 18.8 Å². The smallest absolute Gasteiger partial charge is 0.267 e. The number of aromatic nitrogens is 8. The number of hydrogen-bond donors (Lipinski definition) is 1. The molecule has 1 atom stereocenters. The highest BCUT2D eigenvalue weighted by atomic mass is 16.2. The topological polar surface area (TPSA) is 125 Å². The van der Waals surface area contributed by atoms with E-state index < -0.39 is 6.04 Å². The van der Waals surface area contributed by atoms with Crippen molar-refractivity contribution >= 4 is 22.5 Å². The predicted octanol–water partition coefficient (Wildman–Crippen LogP) is 2.76. The Morgan fingerprint density at radius 3 is 2.62 bits per heavy atom. The molecule has 196 valence electrons. The number of carbonyl (C=O) groups is 1. The van der Waals surface area contributed by atoms with Crippen LogP contribution in [0.25, 0.3) is 22.2 Å². The summed E-state index contributed by atoms with van der Waals surface area (Å²) in [7, 11) is 1.82. The lowest BCUT2D eigenvalue weighted by molar-refractivity contribution is 0.0938. The molecule has 0 fully saturated rings. The van der Waals surface area contributed by atoms with Gasteiger partial charge in [-0.15, -0.1) is 0 Å². The maximum atomic E-state index is 14.1. The molecule has 1 amide bonds. The molecular formula is C29H23N9O2. The zero-order chi connectivity index (χ0) is 27.8. The molecular weight excluding hydrogens is 506 g/mol. The summed E-state index contributed by atoms with van der Waals surface area (Å²) in [6.07, 6.45) is 4.66. The Balaban J connectivity index is 1.48. The first-order chi connectivity index (χ1) is 19.4. The minimum absolute atomic E-state index is 0.293. The number of nitrogens with one attached hydrogen (secondary N) is 1. The van der Waals surface area contributed by atoms with Gasteiger partial charge >= 0.3 is 0 Å². The second kappa shape index (κ2) is 9.92.